The number of hydrogen-bond acceptors (Lipinski definition) is 2. The molecule has 1 fully saturated rings. The minimum absolute atomic E-state index is 0.0289. The normalized spacial score (nSPS) is 19.6. The van der Waals surface area contributed by atoms with E-state index in [0.717, 1.165) is 23.6 Å². The van der Waals surface area contributed by atoms with Crippen LogP contribution in [0.1, 0.15) is 32.1 Å². The quantitative estimate of drug-likeness (QED) is 0.723. The predicted octanol–water partition coefficient (Wildman–Crippen LogP) is 2.41. The predicted molar refractivity (Wildman–Crippen MR) is 59.2 cm³/mol. The molecule has 1 rings (SSSR count). The lowest BCUT2D eigenvalue weighted by Crippen LogP contribution is -2.45. The van der Waals surface area contributed by atoms with E-state index in [4.69, 9.17) is 11.6 Å². The fraction of sp³-hybridized carbons (Fsp3) is 1.00. The monoisotopic (exact) mass is 275 g/mol. The summed E-state index contributed by atoms with van der Waals surface area (Å²) in [6.07, 6.45) is 4.13. The third kappa shape index (κ3) is 3.28. The highest BCUT2D eigenvalue weighted by Crippen LogP contribution is 2.26. The average Bonchev–Trinajstić information content (AvgIpc) is 2.26. The smallest absolute Gasteiger partial charge is 0.206 e. The lowest BCUT2D eigenvalue weighted by atomic mass is 9.95. The largest absolute Gasteiger partial charge is 0.350 e. The summed E-state index contributed by atoms with van der Waals surface area (Å²) < 4.78 is 48.7. The molecule has 96 valence electrons. The SMILES string of the molecule is O=S(=O)(C(F)F)N(CCCl)C1CCCCC1. The second-order valence-corrected chi connectivity index (χ2v) is 6.13. The standard InChI is InChI=1S/C9H16ClF2NO2S/c10-6-7-13(16(14,15)9(11)12)8-4-2-1-3-5-8/h8-9H,1-7H2. The second-order valence-electron chi connectivity index (χ2n) is 3.90. The van der Waals surface area contributed by atoms with Crippen molar-refractivity contribution in [3.63, 3.8) is 0 Å². The third-order valence-corrected chi connectivity index (χ3v) is 4.59. The van der Waals surface area contributed by atoms with Crippen LogP contribution in [0.15, 0.2) is 0 Å². The zero-order valence-corrected chi connectivity index (χ0v) is 10.5. The van der Waals surface area contributed by atoms with Crippen LogP contribution in [-0.2, 0) is 10.0 Å². The van der Waals surface area contributed by atoms with Crippen LogP contribution in [0.4, 0.5) is 8.78 Å². The minimum Gasteiger partial charge on any atom is -0.206 e. The molecule has 0 aromatic carbocycles. The number of sulfonamides is 1. The summed E-state index contributed by atoms with van der Waals surface area (Å²) in [7, 11) is -4.49. The Morgan fingerprint density at radius 3 is 2.25 bits per heavy atom. The fourth-order valence-electron chi connectivity index (χ4n) is 2.07. The molecule has 0 radical (unpaired) electrons. The van der Waals surface area contributed by atoms with Gasteiger partial charge >= 0.3 is 5.76 Å². The molecule has 0 saturated heterocycles. The molecule has 0 aromatic heterocycles. The van der Waals surface area contributed by atoms with E-state index in [0.29, 0.717) is 12.8 Å². The molecule has 0 unspecified atom stereocenters. The van der Waals surface area contributed by atoms with Crippen molar-refractivity contribution in [2.75, 3.05) is 12.4 Å². The molecule has 0 atom stereocenters. The zero-order valence-electron chi connectivity index (χ0n) is 8.91. The lowest BCUT2D eigenvalue weighted by molar-refractivity contribution is 0.198. The Balaban J connectivity index is 2.80. The Morgan fingerprint density at radius 2 is 1.81 bits per heavy atom. The molecular formula is C9H16ClF2NO2S. The number of halogens is 3. The van der Waals surface area contributed by atoms with E-state index in [1.54, 1.807) is 0 Å². The molecule has 16 heavy (non-hydrogen) atoms. The molecular weight excluding hydrogens is 260 g/mol. The Kier molecular flexibility index (Phi) is 5.40. The van der Waals surface area contributed by atoms with Gasteiger partial charge in [-0.15, -0.1) is 11.6 Å². The van der Waals surface area contributed by atoms with E-state index < -0.39 is 15.8 Å². The zero-order chi connectivity index (χ0) is 12.2. The van der Waals surface area contributed by atoms with Crippen molar-refractivity contribution in [3.05, 3.63) is 0 Å². The van der Waals surface area contributed by atoms with E-state index in [2.05, 4.69) is 0 Å². The third-order valence-electron chi connectivity index (χ3n) is 2.84. The maximum absolute atomic E-state index is 12.5. The van der Waals surface area contributed by atoms with Gasteiger partial charge in [0.25, 0.3) is 10.0 Å². The Labute approximate surface area is 99.8 Å². The molecule has 0 amide bonds. The van der Waals surface area contributed by atoms with Crippen LogP contribution in [0.2, 0.25) is 0 Å². The highest BCUT2D eigenvalue weighted by Gasteiger charge is 2.36. The highest BCUT2D eigenvalue weighted by molar-refractivity contribution is 7.89. The summed E-state index contributed by atoms with van der Waals surface area (Å²) in [5.41, 5.74) is 0. The van der Waals surface area contributed by atoms with Crippen molar-refractivity contribution in [3.8, 4) is 0 Å². The van der Waals surface area contributed by atoms with Crippen LogP contribution in [0.25, 0.3) is 0 Å². The first-order chi connectivity index (χ1) is 7.50. The van der Waals surface area contributed by atoms with Crippen molar-refractivity contribution in [2.24, 2.45) is 0 Å². The van der Waals surface area contributed by atoms with Gasteiger partial charge in [0.2, 0.25) is 0 Å². The van der Waals surface area contributed by atoms with Gasteiger partial charge < -0.3 is 0 Å². The number of hydrogen-bond donors (Lipinski definition) is 0. The van der Waals surface area contributed by atoms with Gasteiger partial charge in [0.05, 0.1) is 0 Å². The summed E-state index contributed by atoms with van der Waals surface area (Å²) in [5.74, 6) is -3.31. The van der Waals surface area contributed by atoms with Crippen molar-refractivity contribution < 1.29 is 17.2 Å². The van der Waals surface area contributed by atoms with Crippen LogP contribution in [-0.4, -0.2) is 36.9 Å². The Hall–Kier alpha value is 0.0600. The first-order valence-corrected chi connectivity index (χ1v) is 7.38. The molecule has 1 saturated carbocycles. The van der Waals surface area contributed by atoms with Gasteiger partial charge in [-0.1, -0.05) is 19.3 Å². The van der Waals surface area contributed by atoms with Crippen LogP contribution < -0.4 is 0 Å². The maximum Gasteiger partial charge on any atom is 0.350 e. The Bertz CT molecular complexity index is 305. The molecule has 7 heteroatoms. The molecule has 0 aromatic rings. The molecule has 0 spiro atoms. The maximum atomic E-state index is 12.5. The van der Waals surface area contributed by atoms with E-state index in [1.165, 1.54) is 0 Å². The van der Waals surface area contributed by atoms with Crippen molar-refractivity contribution in [1.29, 1.82) is 0 Å². The van der Waals surface area contributed by atoms with E-state index >= 15 is 0 Å². The number of rotatable bonds is 5. The topological polar surface area (TPSA) is 37.4 Å². The number of alkyl halides is 3. The van der Waals surface area contributed by atoms with Gasteiger partial charge in [0, 0.05) is 18.5 Å². The molecule has 0 heterocycles. The summed E-state index contributed by atoms with van der Waals surface area (Å²) in [4.78, 5) is 0. The molecule has 0 aliphatic heterocycles. The van der Waals surface area contributed by atoms with Gasteiger partial charge in [0.15, 0.2) is 0 Å². The fourth-order valence-corrected chi connectivity index (χ4v) is 3.53. The molecule has 0 N–H and O–H groups in total. The highest BCUT2D eigenvalue weighted by atomic mass is 35.5. The first kappa shape index (κ1) is 14.1. The van der Waals surface area contributed by atoms with Crippen molar-refractivity contribution in [2.45, 2.75) is 43.9 Å². The van der Waals surface area contributed by atoms with Gasteiger partial charge in [-0.2, -0.15) is 13.1 Å². The van der Waals surface area contributed by atoms with Crippen LogP contribution >= 0.6 is 11.6 Å². The molecule has 3 nitrogen and oxygen atoms in total. The molecule has 1 aliphatic carbocycles. The van der Waals surface area contributed by atoms with Crippen LogP contribution in [0, 0.1) is 0 Å². The summed E-state index contributed by atoms with van der Waals surface area (Å²) >= 11 is 5.48. The van der Waals surface area contributed by atoms with Gasteiger partial charge in [-0.05, 0) is 12.8 Å². The van der Waals surface area contributed by atoms with Gasteiger partial charge in [-0.25, -0.2) is 8.42 Å². The molecule has 1 aliphatic rings. The van der Waals surface area contributed by atoms with E-state index in [1.807, 2.05) is 0 Å². The average molecular weight is 276 g/mol. The van der Waals surface area contributed by atoms with E-state index in [9.17, 15) is 17.2 Å². The lowest BCUT2D eigenvalue weighted by Gasteiger charge is -2.32. The summed E-state index contributed by atoms with van der Waals surface area (Å²) in [5, 5.41) is 0. The van der Waals surface area contributed by atoms with Crippen molar-refractivity contribution >= 4 is 21.6 Å². The second kappa shape index (κ2) is 6.12. The van der Waals surface area contributed by atoms with Gasteiger partial charge in [0.1, 0.15) is 0 Å². The van der Waals surface area contributed by atoms with Gasteiger partial charge in [-0.3, -0.25) is 0 Å². The van der Waals surface area contributed by atoms with Crippen molar-refractivity contribution in [1.82, 2.24) is 4.31 Å². The Morgan fingerprint density at radius 1 is 1.25 bits per heavy atom. The van der Waals surface area contributed by atoms with Crippen LogP contribution in [0.3, 0.4) is 0 Å². The van der Waals surface area contributed by atoms with E-state index in [-0.39, 0.29) is 18.5 Å². The summed E-state index contributed by atoms with van der Waals surface area (Å²) in [6, 6.07) is -0.300. The summed E-state index contributed by atoms with van der Waals surface area (Å²) in [6.45, 7) is -0.0289. The molecule has 0 bridgehead atoms. The minimum atomic E-state index is -4.49. The number of nitrogens with zero attached hydrogens (tertiary/aromatic N) is 1. The van der Waals surface area contributed by atoms with Crippen LogP contribution in [0.5, 0.6) is 0 Å². The first-order valence-electron chi connectivity index (χ1n) is 5.35.